The molecule has 1 heterocycles. The van der Waals surface area contributed by atoms with Crippen LogP contribution < -0.4 is 5.32 Å². The second-order valence-electron chi connectivity index (χ2n) is 5.87. The number of nitrogens with zero attached hydrogens (tertiary/aromatic N) is 2. The first-order chi connectivity index (χ1) is 10.0. The Hall–Kier alpha value is -1.68. The number of hydrogen-bond acceptors (Lipinski definition) is 4. The molecule has 1 aromatic heterocycles. The quantitative estimate of drug-likeness (QED) is 0.873. The second-order valence-corrected chi connectivity index (χ2v) is 5.87. The van der Waals surface area contributed by atoms with Crippen molar-refractivity contribution >= 4 is 0 Å². The van der Waals surface area contributed by atoms with E-state index in [1.807, 2.05) is 0 Å². The maximum atomic E-state index is 5.42. The van der Waals surface area contributed by atoms with E-state index in [9.17, 15) is 0 Å². The van der Waals surface area contributed by atoms with Gasteiger partial charge in [-0.2, -0.15) is 4.98 Å². The number of likely N-dealkylation sites (N-methyl/N-ethyl adjacent to an activating group) is 1. The molecule has 21 heavy (non-hydrogen) atoms. The summed E-state index contributed by atoms with van der Waals surface area (Å²) in [6.07, 6.45) is 0. The smallest absolute Gasteiger partial charge is 0.231 e. The summed E-state index contributed by atoms with van der Waals surface area (Å²) < 4.78 is 5.42. The van der Waals surface area contributed by atoms with Crippen LogP contribution >= 0.6 is 0 Å². The third-order valence-electron chi connectivity index (χ3n) is 3.94. The molecule has 0 spiro atoms. The summed E-state index contributed by atoms with van der Waals surface area (Å²) in [7, 11) is 0. The Morgan fingerprint density at radius 2 is 1.76 bits per heavy atom. The van der Waals surface area contributed by atoms with Crippen molar-refractivity contribution in [2.24, 2.45) is 0 Å². The molecule has 0 saturated carbocycles. The van der Waals surface area contributed by atoms with Gasteiger partial charge < -0.3 is 9.84 Å². The van der Waals surface area contributed by atoms with E-state index in [1.54, 1.807) is 0 Å². The van der Waals surface area contributed by atoms with Crippen LogP contribution in [0.4, 0.5) is 0 Å². The Morgan fingerprint density at radius 1 is 1.10 bits per heavy atom. The minimum absolute atomic E-state index is 0.195. The average Bonchev–Trinajstić information content (AvgIpc) is 2.96. The molecule has 0 fully saturated rings. The van der Waals surface area contributed by atoms with E-state index in [0.29, 0.717) is 23.7 Å². The molecule has 4 heteroatoms. The van der Waals surface area contributed by atoms with Crippen LogP contribution in [-0.2, 0) is 0 Å². The molecule has 2 aromatic rings. The van der Waals surface area contributed by atoms with E-state index in [-0.39, 0.29) is 5.92 Å². The molecule has 0 saturated heterocycles. The van der Waals surface area contributed by atoms with Crippen LogP contribution in [0.1, 0.15) is 57.9 Å². The van der Waals surface area contributed by atoms with E-state index in [2.05, 4.69) is 74.3 Å². The van der Waals surface area contributed by atoms with Crippen LogP contribution in [0.25, 0.3) is 11.4 Å². The SMILES string of the molecule is CCNC(C)C(C)c1nc(-c2ccc(C(C)C)cc2)no1. The Bertz CT molecular complexity index is 560. The van der Waals surface area contributed by atoms with Crippen molar-refractivity contribution in [3.05, 3.63) is 35.7 Å². The number of nitrogens with one attached hydrogen (secondary N) is 1. The van der Waals surface area contributed by atoms with Crippen molar-refractivity contribution in [3.63, 3.8) is 0 Å². The summed E-state index contributed by atoms with van der Waals surface area (Å²) in [5, 5.41) is 7.50. The van der Waals surface area contributed by atoms with Crippen LogP contribution in [-0.4, -0.2) is 22.7 Å². The Kier molecular flexibility index (Phi) is 5.12. The van der Waals surface area contributed by atoms with Gasteiger partial charge in [-0.3, -0.25) is 0 Å². The average molecular weight is 287 g/mol. The normalized spacial score (nSPS) is 14.4. The molecule has 0 aliphatic heterocycles. The zero-order valence-corrected chi connectivity index (χ0v) is 13.6. The lowest BCUT2D eigenvalue weighted by atomic mass is 10.0. The van der Waals surface area contributed by atoms with E-state index in [0.717, 1.165) is 12.1 Å². The summed E-state index contributed by atoms with van der Waals surface area (Å²) >= 11 is 0. The van der Waals surface area contributed by atoms with Gasteiger partial charge in [0.2, 0.25) is 11.7 Å². The van der Waals surface area contributed by atoms with Crippen molar-refractivity contribution in [1.82, 2.24) is 15.5 Å². The highest BCUT2D eigenvalue weighted by atomic mass is 16.5. The molecule has 1 N–H and O–H groups in total. The van der Waals surface area contributed by atoms with Crippen LogP contribution in [0.5, 0.6) is 0 Å². The fourth-order valence-electron chi connectivity index (χ4n) is 2.27. The van der Waals surface area contributed by atoms with Crippen molar-refractivity contribution in [1.29, 1.82) is 0 Å². The van der Waals surface area contributed by atoms with Gasteiger partial charge in [-0.25, -0.2) is 0 Å². The predicted molar refractivity (Wildman–Crippen MR) is 85.4 cm³/mol. The van der Waals surface area contributed by atoms with Gasteiger partial charge in [-0.05, 0) is 24.9 Å². The van der Waals surface area contributed by atoms with Gasteiger partial charge in [-0.1, -0.05) is 57.1 Å². The fraction of sp³-hybridized carbons (Fsp3) is 0.529. The van der Waals surface area contributed by atoms with Gasteiger partial charge in [0, 0.05) is 11.6 Å². The number of hydrogen-bond donors (Lipinski definition) is 1. The molecule has 0 radical (unpaired) electrons. The summed E-state index contributed by atoms with van der Waals surface area (Å²) in [4.78, 5) is 4.54. The molecule has 1 aromatic carbocycles. The highest BCUT2D eigenvalue weighted by Crippen LogP contribution is 2.23. The van der Waals surface area contributed by atoms with Crippen LogP contribution in [0.3, 0.4) is 0 Å². The van der Waals surface area contributed by atoms with Gasteiger partial charge in [0.15, 0.2) is 0 Å². The van der Waals surface area contributed by atoms with E-state index in [1.165, 1.54) is 5.56 Å². The third kappa shape index (κ3) is 3.70. The minimum atomic E-state index is 0.195. The molecule has 0 aliphatic carbocycles. The maximum Gasteiger partial charge on any atom is 0.231 e. The van der Waals surface area contributed by atoms with Crippen molar-refractivity contribution < 1.29 is 4.52 Å². The minimum Gasteiger partial charge on any atom is -0.339 e. The standard InChI is InChI=1S/C17H25N3O/c1-6-18-13(5)12(4)17-19-16(20-21-17)15-9-7-14(8-10-15)11(2)3/h7-13,18H,6H2,1-5H3. The van der Waals surface area contributed by atoms with Crippen LogP contribution in [0.15, 0.2) is 28.8 Å². The third-order valence-corrected chi connectivity index (χ3v) is 3.94. The number of benzene rings is 1. The highest BCUT2D eigenvalue weighted by Gasteiger charge is 2.20. The fourth-order valence-corrected chi connectivity index (χ4v) is 2.27. The number of rotatable bonds is 6. The first-order valence-electron chi connectivity index (χ1n) is 7.70. The molecule has 114 valence electrons. The summed E-state index contributed by atoms with van der Waals surface area (Å²) in [5.41, 5.74) is 2.31. The molecular formula is C17H25N3O. The first-order valence-corrected chi connectivity index (χ1v) is 7.70. The number of aromatic nitrogens is 2. The largest absolute Gasteiger partial charge is 0.339 e. The molecule has 0 amide bonds. The van der Waals surface area contributed by atoms with Gasteiger partial charge in [0.05, 0.1) is 5.92 Å². The molecule has 2 rings (SSSR count). The topological polar surface area (TPSA) is 51.0 Å². The predicted octanol–water partition coefficient (Wildman–Crippen LogP) is 3.96. The molecule has 0 aliphatic rings. The Morgan fingerprint density at radius 3 is 2.33 bits per heavy atom. The molecule has 2 unspecified atom stereocenters. The van der Waals surface area contributed by atoms with Gasteiger partial charge in [0.1, 0.15) is 0 Å². The maximum absolute atomic E-state index is 5.42. The molecule has 0 bridgehead atoms. The van der Waals surface area contributed by atoms with E-state index in [4.69, 9.17) is 4.52 Å². The Balaban J connectivity index is 2.15. The summed E-state index contributed by atoms with van der Waals surface area (Å²) in [6.45, 7) is 11.6. The Labute approximate surface area is 127 Å². The molecular weight excluding hydrogens is 262 g/mol. The summed E-state index contributed by atoms with van der Waals surface area (Å²) in [6, 6.07) is 8.68. The zero-order valence-electron chi connectivity index (χ0n) is 13.6. The van der Waals surface area contributed by atoms with Gasteiger partial charge in [-0.15, -0.1) is 0 Å². The van der Waals surface area contributed by atoms with Crippen molar-refractivity contribution in [2.45, 2.75) is 52.5 Å². The highest BCUT2D eigenvalue weighted by molar-refractivity contribution is 5.54. The first kappa shape index (κ1) is 15.7. The summed E-state index contributed by atoms with van der Waals surface area (Å²) in [5.74, 6) is 2.07. The van der Waals surface area contributed by atoms with E-state index >= 15 is 0 Å². The molecule has 4 nitrogen and oxygen atoms in total. The second kappa shape index (κ2) is 6.85. The van der Waals surface area contributed by atoms with Crippen LogP contribution in [0, 0.1) is 0 Å². The molecule has 2 atom stereocenters. The lowest BCUT2D eigenvalue weighted by Crippen LogP contribution is -2.30. The van der Waals surface area contributed by atoms with Crippen molar-refractivity contribution in [3.8, 4) is 11.4 Å². The lowest BCUT2D eigenvalue weighted by Gasteiger charge is -2.16. The van der Waals surface area contributed by atoms with E-state index < -0.39 is 0 Å². The van der Waals surface area contributed by atoms with Gasteiger partial charge in [0.25, 0.3) is 0 Å². The lowest BCUT2D eigenvalue weighted by molar-refractivity contribution is 0.332. The van der Waals surface area contributed by atoms with Gasteiger partial charge >= 0.3 is 0 Å². The van der Waals surface area contributed by atoms with Crippen molar-refractivity contribution in [2.75, 3.05) is 6.54 Å². The monoisotopic (exact) mass is 287 g/mol. The zero-order chi connectivity index (χ0) is 15.4. The van der Waals surface area contributed by atoms with Crippen LogP contribution in [0.2, 0.25) is 0 Å².